The molecule has 1 saturated heterocycles. The highest BCUT2D eigenvalue weighted by molar-refractivity contribution is 7.99. The first-order chi connectivity index (χ1) is 11.8. The van der Waals surface area contributed by atoms with Gasteiger partial charge in [-0.05, 0) is 19.3 Å². The topological polar surface area (TPSA) is 52.4 Å². The number of aliphatic imine (C=N–C) groups is 3. The van der Waals surface area contributed by atoms with Gasteiger partial charge >= 0.3 is 0 Å². The standard InChI is InChI=1S/C17H26FN5S/c1-15-4-2-10-23(15)11-3-7-22-16-5-8-19-12-17(24-18)13-21-14-20-9-6-16/h12-14H,1-11H2,(H,20,21)/b17-13+,19-12-,22-16-. The molecule has 2 heterocycles. The van der Waals surface area contributed by atoms with Crippen LogP contribution in [0.25, 0.3) is 0 Å². The molecule has 1 fully saturated rings. The zero-order valence-electron chi connectivity index (χ0n) is 14.1. The molecule has 0 aromatic carbocycles. The van der Waals surface area contributed by atoms with Crippen LogP contribution in [0.1, 0.15) is 32.1 Å². The van der Waals surface area contributed by atoms with E-state index in [2.05, 4.69) is 26.8 Å². The lowest BCUT2D eigenvalue weighted by molar-refractivity contribution is 0.389. The summed E-state index contributed by atoms with van der Waals surface area (Å²) in [5.74, 6) is 0. The number of rotatable bonds is 5. The Kier molecular flexibility index (Phi) is 8.59. The molecule has 0 radical (unpaired) electrons. The molecule has 2 aliphatic rings. The molecule has 0 aliphatic carbocycles. The van der Waals surface area contributed by atoms with E-state index in [9.17, 15) is 3.89 Å². The van der Waals surface area contributed by atoms with Crippen molar-refractivity contribution in [3.8, 4) is 0 Å². The van der Waals surface area contributed by atoms with E-state index in [-0.39, 0.29) is 12.1 Å². The molecule has 0 spiro atoms. The van der Waals surface area contributed by atoms with Crippen LogP contribution in [-0.4, -0.2) is 55.9 Å². The molecule has 0 atom stereocenters. The second-order valence-electron chi connectivity index (χ2n) is 5.83. The second-order valence-corrected chi connectivity index (χ2v) is 6.46. The summed E-state index contributed by atoms with van der Waals surface area (Å²) in [6, 6.07) is 0. The molecule has 132 valence electrons. The molecule has 0 bridgehead atoms. The van der Waals surface area contributed by atoms with Crippen molar-refractivity contribution >= 4 is 30.4 Å². The Morgan fingerprint density at radius 2 is 2.29 bits per heavy atom. The van der Waals surface area contributed by atoms with Gasteiger partial charge in [-0.2, -0.15) is 3.89 Å². The van der Waals surface area contributed by atoms with Crippen molar-refractivity contribution in [1.29, 1.82) is 0 Å². The van der Waals surface area contributed by atoms with Gasteiger partial charge in [-0.1, -0.05) is 6.58 Å². The number of hydrogen-bond donors (Lipinski definition) is 1. The molecule has 2 aliphatic heterocycles. The molecule has 0 amide bonds. The predicted molar refractivity (Wildman–Crippen MR) is 103 cm³/mol. The highest BCUT2D eigenvalue weighted by atomic mass is 32.2. The molecule has 24 heavy (non-hydrogen) atoms. The third kappa shape index (κ3) is 6.86. The van der Waals surface area contributed by atoms with Crippen LogP contribution in [-0.2, 0) is 0 Å². The lowest BCUT2D eigenvalue weighted by Crippen LogP contribution is -2.20. The van der Waals surface area contributed by atoms with Gasteiger partial charge in [0.2, 0.25) is 0 Å². The first-order valence-corrected chi connectivity index (χ1v) is 9.20. The van der Waals surface area contributed by atoms with Gasteiger partial charge in [-0.3, -0.25) is 9.98 Å². The second kappa shape index (κ2) is 11.0. The minimum absolute atomic E-state index is 0.155. The Morgan fingerprint density at radius 3 is 3.08 bits per heavy atom. The van der Waals surface area contributed by atoms with E-state index in [0.717, 1.165) is 57.6 Å². The van der Waals surface area contributed by atoms with Gasteiger partial charge < -0.3 is 10.2 Å². The maximum Gasteiger partial charge on any atom is 0.0879 e. The van der Waals surface area contributed by atoms with E-state index in [1.165, 1.54) is 24.5 Å². The minimum Gasteiger partial charge on any atom is -0.376 e. The number of allylic oxidation sites excluding steroid dienone is 2. The maximum absolute atomic E-state index is 12.7. The van der Waals surface area contributed by atoms with E-state index < -0.39 is 0 Å². The highest BCUT2D eigenvalue weighted by Gasteiger charge is 2.13. The van der Waals surface area contributed by atoms with E-state index in [1.54, 1.807) is 6.34 Å². The predicted octanol–water partition coefficient (Wildman–Crippen LogP) is 3.37. The normalized spacial score (nSPS) is 26.2. The van der Waals surface area contributed by atoms with Crippen molar-refractivity contribution < 1.29 is 3.89 Å². The van der Waals surface area contributed by atoms with Gasteiger partial charge in [0, 0.05) is 69.4 Å². The first-order valence-electron chi connectivity index (χ1n) is 8.48. The van der Waals surface area contributed by atoms with E-state index in [0.29, 0.717) is 11.4 Å². The summed E-state index contributed by atoms with van der Waals surface area (Å²) in [4.78, 5) is 15.8. The zero-order chi connectivity index (χ0) is 17.0. The third-order valence-electron chi connectivity index (χ3n) is 4.02. The molecule has 0 aromatic heterocycles. The zero-order valence-corrected chi connectivity index (χ0v) is 14.9. The molecular weight excluding hydrogens is 325 g/mol. The summed E-state index contributed by atoms with van der Waals surface area (Å²) < 4.78 is 12.7. The van der Waals surface area contributed by atoms with Crippen molar-refractivity contribution in [2.75, 3.05) is 32.7 Å². The lowest BCUT2D eigenvalue weighted by Gasteiger charge is -2.18. The average molecular weight is 351 g/mol. The van der Waals surface area contributed by atoms with Crippen LogP contribution in [0.5, 0.6) is 0 Å². The number of nitrogens with zero attached hydrogens (tertiary/aromatic N) is 4. The van der Waals surface area contributed by atoms with Crippen LogP contribution < -0.4 is 5.32 Å². The lowest BCUT2D eigenvalue weighted by atomic mass is 10.2. The summed E-state index contributed by atoms with van der Waals surface area (Å²) in [6.07, 6.45) is 9.68. The van der Waals surface area contributed by atoms with Gasteiger partial charge in [0.15, 0.2) is 0 Å². The van der Waals surface area contributed by atoms with Gasteiger partial charge in [-0.15, -0.1) is 0 Å². The van der Waals surface area contributed by atoms with E-state index in [1.807, 2.05) is 0 Å². The smallest absolute Gasteiger partial charge is 0.0879 e. The van der Waals surface area contributed by atoms with Crippen LogP contribution in [0.2, 0.25) is 0 Å². The summed E-state index contributed by atoms with van der Waals surface area (Å²) in [5, 5.41) is 3.11. The van der Waals surface area contributed by atoms with Gasteiger partial charge in [0.05, 0.1) is 23.4 Å². The van der Waals surface area contributed by atoms with Crippen LogP contribution in [0.15, 0.2) is 38.4 Å². The molecule has 5 nitrogen and oxygen atoms in total. The van der Waals surface area contributed by atoms with Crippen LogP contribution in [0.4, 0.5) is 3.89 Å². The fourth-order valence-corrected chi connectivity index (χ4v) is 2.92. The van der Waals surface area contributed by atoms with Gasteiger partial charge in [0.25, 0.3) is 0 Å². The van der Waals surface area contributed by atoms with E-state index >= 15 is 0 Å². The monoisotopic (exact) mass is 351 g/mol. The first kappa shape index (κ1) is 18.7. The van der Waals surface area contributed by atoms with Gasteiger partial charge in [0.1, 0.15) is 0 Å². The number of likely N-dealkylation sites (tertiary alicyclic amines) is 1. The summed E-state index contributed by atoms with van der Waals surface area (Å²) in [5.41, 5.74) is 2.42. The Hall–Kier alpha value is -1.63. The van der Waals surface area contributed by atoms with Crippen LogP contribution in [0.3, 0.4) is 0 Å². The molecule has 1 N–H and O–H groups in total. The third-order valence-corrected chi connectivity index (χ3v) is 4.41. The SMILES string of the molecule is C=C1CCCN1CCC/N=C1/CC\N=C/C(SF)=C\N=C\NCC1. The van der Waals surface area contributed by atoms with Gasteiger partial charge in [-0.25, -0.2) is 4.99 Å². The number of hydrogen-bond acceptors (Lipinski definition) is 6. The molecule has 0 aromatic rings. The molecule has 0 saturated carbocycles. The Bertz CT molecular complexity index is 527. The molecule has 0 unspecified atom stereocenters. The molecule has 2 rings (SSSR count). The largest absolute Gasteiger partial charge is 0.376 e. The molecular formula is C17H26FN5S. The quantitative estimate of drug-likeness (QED) is 0.773. The van der Waals surface area contributed by atoms with Crippen LogP contribution >= 0.6 is 12.1 Å². The minimum atomic E-state index is 0.155. The number of halogens is 1. The summed E-state index contributed by atoms with van der Waals surface area (Å²) in [7, 11) is 0. The van der Waals surface area contributed by atoms with Crippen molar-refractivity contribution in [3.05, 3.63) is 23.4 Å². The average Bonchev–Trinajstić information content (AvgIpc) is 2.98. The summed E-state index contributed by atoms with van der Waals surface area (Å²) in [6.45, 7) is 8.52. The van der Waals surface area contributed by atoms with Crippen LogP contribution in [0, 0.1) is 0 Å². The fourth-order valence-electron chi connectivity index (χ4n) is 2.71. The Balaban J connectivity index is 1.80. The van der Waals surface area contributed by atoms with E-state index in [4.69, 9.17) is 4.99 Å². The van der Waals surface area contributed by atoms with Crippen molar-refractivity contribution in [1.82, 2.24) is 10.2 Å². The Morgan fingerprint density at radius 1 is 1.38 bits per heavy atom. The van der Waals surface area contributed by atoms with Crippen molar-refractivity contribution in [2.45, 2.75) is 32.1 Å². The maximum atomic E-state index is 12.7. The van der Waals surface area contributed by atoms with Crippen molar-refractivity contribution in [3.63, 3.8) is 0 Å². The van der Waals surface area contributed by atoms with Crippen molar-refractivity contribution in [2.24, 2.45) is 15.0 Å². The summed E-state index contributed by atoms with van der Waals surface area (Å²) >= 11 is 0.155. The fraction of sp³-hybridized carbons (Fsp3) is 0.588. The number of nitrogens with one attached hydrogen (secondary N) is 1. The Labute approximate surface area is 148 Å². The molecule has 7 heteroatoms. The highest BCUT2D eigenvalue weighted by Crippen LogP contribution is 2.18.